The number of rotatable bonds is 2. The van der Waals surface area contributed by atoms with Crippen molar-refractivity contribution in [3.8, 4) is 11.8 Å². The number of amides is 1. The molecule has 19 heavy (non-hydrogen) atoms. The van der Waals surface area contributed by atoms with Crippen LogP contribution in [-0.2, 0) is 4.79 Å². The molecule has 108 valence electrons. The third kappa shape index (κ3) is 3.98. The van der Waals surface area contributed by atoms with E-state index in [0.717, 1.165) is 32.7 Å². The molecule has 2 aliphatic heterocycles. The number of carbonyl (C=O) groups excluding carboxylic acids is 1. The molecule has 1 amide bonds. The van der Waals surface area contributed by atoms with Gasteiger partial charge in [-0.1, -0.05) is 26.7 Å². The standard InChI is InChI=1S/C14H22N2O.C2H6/c1-3-5-8-15-9-6-14(7-10-15)11-16(12-14)13(17)4-2;1-2/h4,6-12H2,1-2H3;1-2H3. The number of nitrogens with zero attached hydrogens (tertiary/aromatic N) is 2. The van der Waals surface area contributed by atoms with Crippen LogP contribution in [-0.4, -0.2) is 48.4 Å². The van der Waals surface area contributed by atoms with E-state index >= 15 is 0 Å². The molecular formula is C16H28N2O. The Morgan fingerprint density at radius 2 is 1.79 bits per heavy atom. The van der Waals surface area contributed by atoms with E-state index in [2.05, 4.69) is 16.7 Å². The Bertz CT molecular complexity index is 337. The van der Waals surface area contributed by atoms with Crippen molar-refractivity contribution in [3.05, 3.63) is 0 Å². The zero-order chi connectivity index (χ0) is 14.3. The van der Waals surface area contributed by atoms with Crippen molar-refractivity contribution in [2.75, 3.05) is 32.7 Å². The highest BCUT2D eigenvalue weighted by molar-refractivity contribution is 5.76. The van der Waals surface area contributed by atoms with Gasteiger partial charge in [-0.25, -0.2) is 0 Å². The van der Waals surface area contributed by atoms with Crippen LogP contribution in [0.15, 0.2) is 0 Å². The second-order valence-electron chi connectivity index (χ2n) is 5.31. The molecule has 3 nitrogen and oxygen atoms in total. The van der Waals surface area contributed by atoms with Gasteiger partial charge < -0.3 is 4.90 Å². The normalized spacial score (nSPS) is 20.7. The second-order valence-corrected chi connectivity index (χ2v) is 5.31. The van der Waals surface area contributed by atoms with Crippen LogP contribution >= 0.6 is 0 Å². The third-order valence-electron chi connectivity index (χ3n) is 4.10. The Balaban J connectivity index is 0.000000861. The van der Waals surface area contributed by atoms with Crippen molar-refractivity contribution >= 4 is 5.91 Å². The predicted octanol–water partition coefficient (Wildman–Crippen LogP) is 2.37. The van der Waals surface area contributed by atoms with Gasteiger partial charge in [0.25, 0.3) is 0 Å². The van der Waals surface area contributed by atoms with Crippen molar-refractivity contribution in [1.29, 1.82) is 0 Å². The van der Waals surface area contributed by atoms with Gasteiger partial charge >= 0.3 is 0 Å². The van der Waals surface area contributed by atoms with Crippen molar-refractivity contribution in [2.24, 2.45) is 5.41 Å². The molecule has 3 heteroatoms. The van der Waals surface area contributed by atoms with Crippen LogP contribution in [0, 0.1) is 17.3 Å². The fourth-order valence-corrected chi connectivity index (χ4v) is 2.86. The molecule has 0 aromatic carbocycles. The molecular weight excluding hydrogens is 236 g/mol. The van der Waals surface area contributed by atoms with Crippen molar-refractivity contribution in [3.63, 3.8) is 0 Å². The SMILES string of the molecule is CC.CC#CCN1CCC2(CC1)CN(C(=O)CC)C2. The lowest BCUT2D eigenvalue weighted by molar-refractivity contribution is -0.146. The molecule has 1 spiro atoms. The summed E-state index contributed by atoms with van der Waals surface area (Å²) in [5.41, 5.74) is 0.445. The summed E-state index contributed by atoms with van der Waals surface area (Å²) in [6.07, 6.45) is 3.10. The second kappa shape index (κ2) is 7.55. The molecule has 0 unspecified atom stereocenters. The summed E-state index contributed by atoms with van der Waals surface area (Å²) >= 11 is 0. The first-order valence-electron chi connectivity index (χ1n) is 7.59. The maximum Gasteiger partial charge on any atom is 0.222 e. The van der Waals surface area contributed by atoms with Crippen LogP contribution in [0.25, 0.3) is 0 Å². The Kier molecular flexibility index (Phi) is 6.37. The molecule has 0 N–H and O–H groups in total. The summed E-state index contributed by atoms with van der Waals surface area (Å²) in [5, 5.41) is 0. The van der Waals surface area contributed by atoms with Gasteiger partial charge in [0.2, 0.25) is 5.91 Å². The first-order chi connectivity index (χ1) is 9.19. The summed E-state index contributed by atoms with van der Waals surface area (Å²) in [7, 11) is 0. The lowest BCUT2D eigenvalue weighted by Gasteiger charge is -2.53. The molecule has 0 aliphatic carbocycles. The van der Waals surface area contributed by atoms with Crippen LogP contribution in [0.1, 0.15) is 47.0 Å². The fourth-order valence-electron chi connectivity index (χ4n) is 2.86. The minimum atomic E-state index is 0.315. The maximum absolute atomic E-state index is 11.5. The molecule has 0 bridgehead atoms. The Morgan fingerprint density at radius 3 is 2.26 bits per heavy atom. The Hall–Kier alpha value is -1.01. The molecule has 0 saturated carbocycles. The molecule has 0 aromatic rings. The zero-order valence-corrected chi connectivity index (χ0v) is 13.0. The number of hydrogen-bond donors (Lipinski definition) is 0. The number of carbonyl (C=O) groups is 1. The average molecular weight is 264 g/mol. The van der Waals surface area contributed by atoms with E-state index in [1.54, 1.807) is 0 Å². The van der Waals surface area contributed by atoms with Gasteiger partial charge in [-0.05, 0) is 32.9 Å². The van der Waals surface area contributed by atoms with Crippen LogP contribution in [0.4, 0.5) is 0 Å². The monoisotopic (exact) mass is 264 g/mol. The van der Waals surface area contributed by atoms with Crippen LogP contribution < -0.4 is 0 Å². The minimum absolute atomic E-state index is 0.315. The van der Waals surface area contributed by atoms with E-state index in [0.29, 0.717) is 17.7 Å². The highest BCUT2D eigenvalue weighted by Gasteiger charge is 2.45. The summed E-state index contributed by atoms with van der Waals surface area (Å²) in [6, 6.07) is 0. The molecule has 2 aliphatic rings. The smallest absolute Gasteiger partial charge is 0.222 e. The summed E-state index contributed by atoms with van der Waals surface area (Å²) in [6.45, 7) is 13.0. The molecule has 2 heterocycles. The van der Waals surface area contributed by atoms with Crippen LogP contribution in [0.5, 0.6) is 0 Å². The van der Waals surface area contributed by atoms with E-state index in [1.165, 1.54) is 12.8 Å². The van der Waals surface area contributed by atoms with Gasteiger partial charge in [0.15, 0.2) is 0 Å². The quantitative estimate of drug-likeness (QED) is 0.715. The Labute approximate surface area is 118 Å². The summed E-state index contributed by atoms with van der Waals surface area (Å²) in [5.74, 6) is 6.39. The topological polar surface area (TPSA) is 23.6 Å². The van der Waals surface area contributed by atoms with Crippen LogP contribution in [0.2, 0.25) is 0 Å². The lowest BCUT2D eigenvalue weighted by Crippen LogP contribution is -2.61. The largest absolute Gasteiger partial charge is 0.341 e. The van der Waals surface area contributed by atoms with Gasteiger partial charge in [0.05, 0.1) is 6.54 Å². The highest BCUT2D eigenvalue weighted by Crippen LogP contribution is 2.40. The van der Waals surface area contributed by atoms with Crippen LogP contribution in [0.3, 0.4) is 0 Å². The molecule has 2 saturated heterocycles. The van der Waals surface area contributed by atoms with Crippen molar-refractivity contribution in [1.82, 2.24) is 9.80 Å². The van der Waals surface area contributed by atoms with E-state index < -0.39 is 0 Å². The van der Waals surface area contributed by atoms with Gasteiger partial charge in [0.1, 0.15) is 0 Å². The number of hydrogen-bond acceptors (Lipinski definition) is 2. The van der Waals surface area contributed by atoms with Crippen molar-refractivity contribution in [2.45, 2.75) is 47.0 Å². The third-order valence-corrected chi connectivity index (χ3v) is 4.10. The van der Waals surface area contributed by atoms with Gasteiger partial charge in [0, 0.05) is 24.9 Å². The fraction of sp³-hybridized carbons (Fsp3) is 0.812. The van der Waals surface area contributed by atoms with Gasteiger partial charge in [-0.15, -0.1) is 5.92 Å². The zero-order valence-electron chi connectivity index (χ0n) is 13.0. The Morgan fingerprint density at radius 1 is 1.21 bits per heavy atom. The van der Waals surface area contributed by atoms with Gasteiger partial charge in [-0.2, -0.15) is 0 Å². The minimum Gasteiger partial charge on any atom is -0.341 e. The lowest BCUT2D eigenvalue weighted by atomic mass is 9.72. The number of likely N-dealkylation sites (tertiary alicyclic amines) is 2. The predicted molar refractivity (Wildman–Crippen MR) is 79.8 cm³/mol. The molecule has 0 atom stereocenters. The van der Waals surface area contributed by atoms with Crippen molar-refractivity contribution < 1.29 is 4.79 Å². The van der Waals surface area contributed by atoms with E-state index in [4.69, 9.17) is 0 Å². The van der Waals surface area contributed by atoms with E-state index in [-0.39, 0.29) is 0 Å². The first kappa shape index (κ1) is 16.0. The summed E-state index contributed by atoms with van der Waals surface area (Å²) in [4.78, 5) is 16.0. The van der Waals surface area contributed by atoms with E-state index in [9.17, 15) is 4.79 Å². The maximum atomic E-state index is 11.5. The van der Waals surface area contributed by atoms with Gasteiger partial charge in [-0.3, -0.25) is 9.69 Å². The summed E-state index contributed by atoms with van der Waals surface area (Å²) < 4.78 is 0. The average Bonchev–Trinajstić information content (AvgIpc) is 2.44. The van der Waals surface area contributed by atoms with E-state index in [1.807, 2.05) is 32.6 Å². The molecule has 0 radical (unpaired) electrons. The molecule has 2 rings (SSSR count). The first-order valence-corrected chi connectivity index (χ1v) is 7.59. The number of piperidine rings is 1. The molecule has 0 aromatic heterocycles. The highest BCUT2D eigenvalue weighted by atomic mass is 16.2. The molecule has 2 fully saturated rings.